The highest BCUT2D eigenvalue weighted by molar-refractivity contribution is 6.32. The Kier molecular flexibility index (Phi) is 7.82. The van der Waals surface area contributed by atoms with Gasteiger partial charge < -0.3 is 9.88 Å². The molecule has 2 aromatic carbocycles. The molecular weight excluding hydrogens is 622 g/mol. The first-order valence-electron chi connectivity index (χ1n) is 17.3. The molecule has 0 spiro atoms. The molecule has 6 aliphatic carbocycles. The van der Waals surface area contributed by atoms with E-state index in [2.05, 4.69) is 20.3 Å². The van der Waals surface area contributed by atoms with Gasteiger partial charge in [-0.15, -0.1) is 0 Å². The lowest BCUT2D eigenvalue weighted by Crippen LogP contribution is -2.47. The van der Waals surface area contributed by atoms with Gasteiger partial charge in [-0.3, -0.25) is 14.4 Å². The summed E-state index contributed by atoms with van der Waals surface area (Å²) in [7, 11) is 0. The maximum atomic E-state index is 12.5. The number of amides is 1. The van der Waals surface area contributed by atoms with Crippen LogP contribution in [0.25, 0.3) is 34.4 Å². The van der Waals surface area contributed by atoms with Crippen molar-refractivity contribution in [2.24, 2.45) is 29.1 Å². The molecule has 6 aliphatic rings. The first-order chi connectivity index (χ1) is 23.2. The molecule has 4 bridgehead atoms. The second-order valence-electron chi connectivity index (χ2n) is 14.9. The maximum absolute atomic E-state index is 12.5. The summed E-state index contributed by atoms with van der Waals surface area (Å²) >= 11 is 6.03. The standard InChI is InChI=1S/C20H15ClO2.C19H25N5O/c1-10-7-16-13(11(2)20(10)23)5-6-14-15-4-3-12(21)8-18(15)19(22)9-17(14)16;25-17(10-24-12-23-18-16(24)9-20-11-22-18)21-2-1-19-6-13-3-14(7-19)5-15(4-13)8-19/h3-11H,1-2H3;9,11-15H,1-8,10H2,(H,21,25). The molecule has 2 unspecified atom stereocenters. The van der Waals surface area contributed by atoms with E-state index in [9.17, 15) is 14.4 Å². The molecule has 4 saturated carbocycles. The number of hydrogen-bond acceptors (Lipinski definition) is 6. The molecule has 0 saturated heterocycles. The molecule has 4 aromatic rings. The average molecular weight is 662 g/mol. The zero-order valence-electron chi connectivity index (χ0n) is 27.4. The molecule has 10 rings (SSSR count). The van der Waals surface area contributed by atoms with Crippen LogP contribution in [0.3, 0.4) is 0 Å². The van der Waals surface area contributed by atoms with Crippen molar-refractivity contribution in [1.29, 1.82) is 0 Å². The summed E-state index contributed by atoms with van der Waals surface area (Å²) in [5.41, 5.74) is 5.55. The number of imidazole rings is 1. The SMILES string of the molecule is CC1C=c2c(ccc3c2=CC(=O)c2cc(Cl)ccc2-3)C(C)C1=O.O=C(Cn1cnc2ncncc21)NCCC12CC3CC(CC(C3)C1)C2. The molecule has 9 heteroatoms. The van der Waals surface area contributed by atoms with Crippen molar-refractivity contribution in [3.63, 3.8) is 0 Å². The zero-order chi connectivity index (χ0) is 33.2. The number of Topliss-reactive ketones (excluding diaryl/α,β-unsaturated/α-hetero) is 2. The van der Waals surface area contributed by atoms with E-state index in [0.717, 1.165) is 63.4 Å². The van der Waals surface area contributed by atoms with Crippen molar-refractivity contribution in [2.75, 3.05) is 6.54 Å². The third-order valence-corrected chi connectivity index (χ3v) is 11.9. The number of hydrogen-bond donors (Lipinski definition) is 1. The van der Waals surface area contributed by atoms with Gasteiger partial charge in [-0.1, -0.05) is 49.7 Å². The molecule has 2 heterocycles. The van der Waals surface area contributed by atoms with Gasteiger partial charge in [-0.05, 0) is 113 Å². The second-order valence-corrected chi connectivity index (χ2v) is 15.4. The third kappa shape index (κ3) is 5.58. The molecule has 246 valence electrons. The van der Waals surface area contributed by atoms with Crippen LogP contribution in [0.2, 0.25) is 5.02 Å². The van der Waals surface area contributed by atoms with E-state index in [0.29, 0.717) is 21.6 Å². The number of halogens is 1. The number of fused-ring (bicyclic) bond motifs is 6. The van der Waals surface area contributed by atoms with E-state index in [1.165, 1.54) is 44.9 Å². The summed E-state index contributed by atoms with van der Waals surface area (Å²) in [5, 5.41) is 5.64. The molecule has 1 N–H and O–H groups in total. The van der Waals surface area contributed by atoms with Gasteiger partial charge in [0.2, 0.25) is 5.91 Å². The van der Waals surface area contributed by atoms with Crippen molar-refractivity contribution in [3.05, 3.63) is 75.8 Å². The van der Waals surface area contributed by atoms with Gasteiger partial charge in [0.05, 0.1) is 12.5 Å². The molecule has 8 nitrogen and oxygen atoms in total. The molecule has 1 amide bonds. The Morgan fingerprint density at radius 1 is 0.958 bits per heavy atom. The van der Waals surface area contributed by atoms with Crippen LogP contribution in [0, 0.1) is 29.1 Å². The van der Waals surface area contributed by atoms with Crippen molar-refractivity contribution in [1.82, 2.24) is 24.8 Å². The summed E-state index contributed by atoms with van der Waals surface area (Å²) in [6.45, 7) is 4.94. The Labute approximate surface area is 284 Å². The number of aromatic nitrogens is 4. The summed E-state index contributed by atoms with van der Waals surface area (Å²) in [6.07, 6.45) is 18.3. The minimum Gasteiger partial charge on any atom is -0.355 e. The third-order valence-electron chi connectivity index (χ3n) is 11.7. The van der Waals surface area contributed by atoms with E-state index >= 15 is 0 Å². The smallest absolute Gasteiger partial charge is 0.239 e. The second kappa shape index (κ2) is 12.1. The highest BCUT2D eigenvalue weighted by Gasteiger charge is 2.50. The number of nitrogens with one attached hydrogen (secondary N) is 1. The monoisotopic (exact) mass is 661 g/mol. The lowest BCUT2D eigenvalue weighted by Gasteiger charge is -2.57. The summed E-state index contributed by atoms with van der Waals surface area (Å²) in [6, 6.07) is 9.45. The van der Waals surface area contributed by atoms with Gasteiger partial charge >= 0.3 is 0 Å². The first-order valence-corrected chi connectivity index (χ1v) is 17.7. The fourth-order valence-corrected chi connectivity index (χ4v) is 10.0. The Hall–Kier alpha value is -4.17. The van der Waals surface area contributed by atoms with Crippen molar-refractivity contribution in [2.45, 2.75) is 71.3 Å². The molecule has 48 heavy (non-hydrogen) atoms. The lowest BCUT2D eigenvalue weighted by atomic mass is 9.49. The van der Waals surface area contributed by atoms with E-state index < -0.39 is 0 Å². The van der Waals surface area contributed by atoms with Crippen LogP contribution < -0.4 is 15.8 Å². The van der Waals surface area contributed by atoms with E-state index in [1.54, 1.807) is 30.7 Å². The van der Waals surface area contributed by atoms with Gasteiger partial charge in [0.15, 0.2) is 11.4 Å². The van der Waals surface area contributed by atoms with Crippen LogP contribution in [0.5, 0.6) is 0 Å². The molecule has 2 aromatic heterocycles. The van der Waals surface area contributed by atoms with Crippen molar-refractivity contribution < 1.29 is 14.4 Å². The lowest BCUT2D eigenvalue weighted by molar-refractivity contribution is -0.122. The Balaban J connectivity index is 0.000000141. The van der Waals surface area contributed by atoms with Crippen LogP contribution >= 0.6 is 11.6 Å². The van der Waals surface area contributed by atoms with Gasteiger partial charge in [-0.2, -0.15) is 0 Å². The predicted molar refractivity (Wildman–Crippen MR) is 186 cm³/mol. The topological polar surface area (TPSA) is 107 Å². The normalized spacial score (nSPS) is 27.6. The van der Waals surface area contributed by atoms with Crippen LogP contribution in [-0.4, -0.2) is 43.5 Å². The van der Waals surface area contributed by atoms with Gasteiger partial charge in [0.25, 0.3) is 0 Å². The fourth-order valence-electron chi connectivity index (χ4n) is 9.86. The summed E-state index contributed by atoms with van der Waals surface area (Å²) in [4.78, 5) is 49.4. The molecule has 4 fully saturated rings. The number of carbonyl (C=O) groups is 3. The largest absolute Gasteiger partial charge is 0.355 e. The van der Waals surface area contributed by atoms with Crippen molar-refractivity contribution >= 4 is 52.4 Å². The zero-order valence-corrected chi connectivity index (χ0v) is 28.2. The van der Waals surface area contributed by atoms with E-state index in [4.69, 9.17) is 11.6 Å². The van der Waals surface area contributed by atoms with Gasteiger partial charge in [0.1, 0.15) is 24.2 Å². The van der Waals surface area contributed by atoms with Crippen LogP contribution in [0.1, 0.15) is 80.6 Å². The van der Waals surface area contributed by atoms with Gasteiger partial charge in [0, 0.05) is 29.0 Å². The number of benzene rings is 2. The molecule has 2 atom stereocenters. The van der Waals surface area contributed by atoms with E-state index in [-0.39, 0.29) is 35.9 Å². The Morgan fingerprint density at radius 2 is 1.69 bits per heavy atom. The minimum absolute atomic E-state index is 0.0333. The Bertz CT molecular complexity index is 2070. The number of carbonyl (C=O) groups excluding carboxylic acids is 3. The number of rotatable bonds is 5. The maximum Gasteiger partial charge on any atom is 0.239 e. The van der Waals surface area contributed by atoms with Crippen LogP contribution in [0.15, 0.2) is 49.2 Å². The van der Waals surface area contributed by atoms with Crippen LogP contribution in [0.4, 0.5) is 0 Å². The quantitative estimate of drug-likeness (QED) is 0.297. The van der Waals surface area contributed by atoms with E-state index in [1.807, 2.05) is 42.7 Å². The summed E-state index contributed by atoms with van der Waals surface area (Å²) in [5.74, 6) is 2.90. The molecule has 0 radical (unpaired) electrons. The predicted octanol–water partition coefficient (Wildman–Crippen LogP) is 5.64. The highest BCUT2D eigenvalue weighted by Crippen LogP contribution is 2.61. The Morgan fingerprint density at radius 3 is 2.44 bits per heavy atom. The average Bonchev–Trinajstić information content (AvgIpc) is 3.46. The number of ketones is 2. The number of nitrogens with zero attached hydrogens (tertiary/aromatic N) is 4. The molecule has 0 aliphatic heterocycles. The summed E-state index contributed by atoms with van der Waals surface area (Å²) < 4.78 is 1.81. The minimum atomic E-state index is -0.134. The molecular formula is C39H40ClN5O3. The highest BCUT2D eigenvalue weighted by atomic mass is 35.5. The first kappa shape index (κ1) is 31.1. The van der Waals surface area contributed by atoms with Gasteiger partial charge in [-0.25, -0.2) is 15.0 Å². The van der Waals surface area contributed by atoms with Crippen molar-refractivity contribution in [3.8, 4) is 11.1 Å². The van der Waals surface area contributed by atoms with Crippen LogP contribution in [-0.2, 0) is 16.1 Å². The fraction of sp³-hybridized carbons (Fsp3) is 0.436.